The molecule has 0 unspecified atom stereocenters. The molecule has 1 N–H and O–H groups in total. The smallest absolute Gasteiger partial charge is 0.152 e. The second kappa shape index (κ2) is 7.48. The highest BCUT2D eigenvalue weighted by Gasteiger charge is 2.14. The molecule has 1 heterocycles. The number of halogens is 3. The molecule has 1 fully saturated rings. The van der Waals surface area contributed by atoms with Gasteiger partial charge in [-0.15, -0.1) is 24.8 Å². The van der Waals surface area contributed by atoms with Gasteiger partial charge in [0.25, 0.3) is 0 Å². The van der Waals surface area contributed by atoms with Crippen LogP contribution >= 0.6 is 24.8 Å². The molecule has 2 rings (SSSR count). The number of carbonyl (C=O) groups excluding carboxylic acids is 1. The maximum atomic E-state index is 12.9. The third kappa shape index (κ3) is 3.84. The molecule has 3 nitrogen and oxygen atoms in total. The number of hydrogen-bond acceptors (Lipinski definition) is 3. The van der Waals surface area contributed by atoms with Crippen molar-refractivity contribution in [2.45, 2.75) is 0 Å². The van der Waals surface area contributed by atoms with Gasteiger partial charge < -0.3 is 10.2 Å². The Morgan fingerprint density at radius 1 is 1.24 bits per heavy atom. The van der Waals surface area contributed by atoms with Crippen LogP contribution < -0.4 is 10.2 Å². The molecule has 0 amide bonds. The fraction of sp³-hybridized carbons (Fsp3) is 0.364. The topological polar surface area (TPSA) is 32.3 Å². The standard InChI is InChI=1S/C11H13FN2O.2ClH/c12-10-1-2-11(9(7-10)8-15)14-5-3-13-4-6-14;;/h1-2,7-8,13H,3-6H2;2*1H. The van der Waals surface area contributed by atoms with E-state index in [2.05, 4.69) is 10.2 Å². The lowest BCUT2D eigenvalue weighted by atomic mass is 10.1. The van der Waals surface area contributed by atoms with E-state index in [4.69, 9.17) is 0 Å². The molecule has 0 aromatic heterocycles. The van der Waals surface area contributed by atoms with Crippen LogP contribution in [0.4, 0.5) is 10.1 Å². The van der Waals surface area contributed by atoms with Gasteiger partial charge in [0.1, 0.15) is 5.82 Å². The maximum Gasteiger partial charge on any atom is 0.152 e. The highest BCUT2D eigenvalue weighted by molar-refractivity contribution is 5.86. The highest BCUT2D eigenvalue weighted by Crippen LogP contribution is 2.20. The van der Waals surface area contributed by atoms with Gasteiger partial charge >= 0.3 is 0 Å². The van der Waals surface area contributed by atoms with Crippen LogP contribution in [-0.2, 0) is 0 Å². The Morgan fingerprint density at radius 2 is 1.88 bits per heavy atom. The molecular weight excluding hydrogens is 266 g/mol. The van der Waals surface area contributed by atoms with Gasteiger partial charge in [0, 0.05) is 37.4 Å². The largest absolute Gasteiger partial charge is 0.368 e. The number of nitrogens with one attached hydrogen (secondary N) is 1. The van der Waals surface area contributed by atoms with Crippen molar-refractivity contribution < 1.29 is 9.18 Å². The van der Waals surface area contributed by atoms with E-state index in [0.29, 0.717) is 11.8 Å². The maximum absolute atomic E-state index is 12.9. The molecule has 0 aliphatic carbocycles. The van der Waals surface area contributed by atoms with E-state index in [9.17, 15) is 9.18 Å². The predicted octanol–water partition coefficient (Wildman–Crippen LogP) is 1.89. The lowest BCUT2D eigenvalue weighted by Crippen LogP contribution is -2.43. The molecule has 1 aliphatic heterocycles. The molecule has 0 radical (unpaired) electrons. The number of rotatable bonds is 2. The molecule has 0 spiro atoms. The number of carbonyl (C=O) groups is 1. The van der Waals surface area contributed by atoms with E-state index in [-0.39, 0.29) is 30.6 Å². The van der Waals surface area contributed by atoms with Crippen molar-refractivity contribution in [2.75, 3.05) is 31.1 Å². The Morgan fingerprint density at radius 3 is 2.47 bits per heavy atom. The van der Waals surface area contributed by atoms with E-state index >= 15 is 0 Å². The number of benzene rings is 1. The van der Waals surface area contributed by atoms with E-state index in [0.717, 1.165) is 31.9 Å². The molecular formula is C11H15Cl2FN2O. The summed E-state index contributed by atoms with van der Waals surface area (Å²) in [5, 5.41) is 3.23. The number of hydrogen-bond donors (Lipinski definition) is 1. The normalized spacial score (nSPS) is 14.5. The summed E-state index contributed by atoms with van der Waals surface area (Å²) in [6.45, 7) is 3.50. The van der Waals surface area contributed by atoms with E-state index in [1.54, 1.807) is 6.07 Å². The average Bonchev–Trinajstić information content (AvgIpc) is 2.30. The van der Waals surface area contributed by atoms with Gasteiger partial charge in [0.15, 0.2) is 6.29 Å². The van der Waals surface area contributed by atoms with Crippen molar-refractivity contribution >= 4 is 36.8 Å². The Labute approximate surface area is 112 Å². The SMILES string of the molecule is Cl.Cl.O=Cc1cc(F)ccc1N1CCNCC1. The zero-order valence-corrected chi connectivity index (χ0v) is 10.8. The molecule has 0 bridgehead atoms. The Hall–Kier alpha value is -0.840. The second-order valence-corrected chi connectivity index (χ2v) is 3.56. The quantitative estimate of drug-likeness (QED) is 0.840. The summed E-state index contributed by atoms with van der Waals surface area (Å²) >= 11 is 0. The third-order valence-electron chi connectivity index (χ3n) is 2.57. The molecule has 0 atom stereocenters. The van der Waals surface area contributed by atoms with Crippen LogP contribution in [-0.4, -0.2) is 32.5 Å². The van der Waals surface area contributed by atoms with Crippen molar-refractivity contribution in [1.82, 2.24) is 5.32 Å². The summed E-state index contributed by atoms with van der Waals surface area (Å²) in [6.07, 6.45) is 0.709. The van der Waals surface area contributed by atoms with Crippen LogP contribution in [0.15, 0.2) is 18.2 Å². The van der Waals surface area contributed by atoms with Crippen LogP contribution in [0.5, 0.6) is 0 Å². The summed E-state index contributed by atoms with van der Waals surface area (Å²) in [6, 6.07) is 4.35. The van der Waals surface area contributed by atoms with Crippen LogP contribution in [0.1, 0.15) is 10.4 Å². The molecule has 6 heteroatoms. The Bertz CT molecular complexity index is 370. The highest BCUT2D eigenvalue weighted by atomic mass is 35.5. The van der Waals surface area contributed by atoms with Gasteiger partial charge in [0.05, 0.1) is 0 Å². The minimum absolute atomic E-state index is 0. The lowest BCUT2D eigenvalue weighted by molar-refractivity contribution is 0.112. The summed E-state index contributed by atoms with van der Waals surface area (Å²) in [7, 11) is 0. The molecule has 0 saturated carbocycles. The summed E-state index contributed by atoms with van der Waals surface area (Å²) in [5.74, 6) is -0.365. The molecule has 1 saturated heterocycles. The minimum Gasteiger partial charge on any atom is -0.368 e. The average molecular weight is 281 g/mol. The van der Waals surface area contributed by atoms with Crippen LogP contribution in [0.3, 0.4) is 0 Å². The van der Waals surface area contributed by atoms with Crippen molar-refractivity contribution in [2.24, 2.45) is 0 Å². The molecule has 1 aromatic rings. The molecule has 96 valence electrons. The van der Waals surface area contributed by atoms with Gasteiger partial charge in [-0.25, -0.2) is 4.39 Å². The van der Waals surface area contributed by atoms with Crippen molar-refractivity contribution in [3.63, 3.8) is 0 Å². The van der Waals surface area contributed by atoms with Crippen LogP contribution in [0.25, 0.3) is 0 Å². The predicted molar refractivity (Wildman–Crippen MR) is 71.4 cm³/mol. The minimum atomic E-state index is -0.365. The fourth-order valence-electron chi connectivity index (χ4n) is 1.81. The van der Waals surface area contributed by atoms with Gasteiger partial charge in [-0.2, -0.15) is 0 Å². The first-order chi connectivity index (χ1) is 7.31. The van der Waals surface area contributed by atoms with Gasteiger partial charge in [-0.1, -0.05) is 0 Å². The molecule has 17 heavy (non-hydrogen) atoms. The van der Waals surface area contributed by atoms with Crippen molar-refractivity contribution in [3.05, 3.63) is 29.6 Å². The van der Waals surface area contributed by atoms with E-state index in [1.165, 1.54) is 12.1 Å². The lowest BCUT2D eigenvalue weighted by Gasteiger charge is -2.30. The number of aldehydes is 1. The van der Waals surface area contributed by atoms with Gasteiger partial charge in [-0.05, 0) is 18.2 Å². The van der Waals surface area contributed by atoms with Crippen LogP contribution in [0, 0.1) is 5.82 Å². The zero-order valence-electron chi connectivity index (χ0n) is 9.19. The zero-order chi connectivity index (χ0) is 10.7. The first-order valence-corrected chi connectivity index (χ1v) is 5.01. The van der Waals surface area contributed by atoms with E-state index in [1.807, 2.05) is 0 Å². The molecule has 1 aliphatic rings. The third-order valence-corrected chi connectivity index (χ3v) is 2.57. The van der Waals surface area contributed by atoms with Crippen LogP contribution in [0.2, 0.25) is 0 Å². The van der Waals surface area contributed by atoms with Crippen molar-refractivity contribution in [1.29, 1.82) is 0 Å². The first kappa shape index (κ1) is 16.2. The van der Waals surface area contributed by atoms with Gasteiger partial charge in [-0.3, -0.25) is 4.79 Å². The summed E-state index contributed by atoms with van der Waals surface area (Å²) in [5.41, 5.74) is 1.25. The number of nitrogens with zero attached hydrogens (tertiary/aromatic N) is 1. The Kier molecular flexibility index (Phi) is 7.11. The second-order valence-electron chi connectivity index (χ2n) is 3.56. The first-order valence-electron chi connectivity index (χ1n) is 5.01. The van der Waals surface area contributed by atoms with Gasteiger partial charge in [0.2, 0.25) is 0 Å². The fourth-order valence-corrected chi connectivity index (χ4v) is 1.81. The number of anilines is 1. The summed E-state index contributed by atoms with van der Waals surface area (Å²) in [4.78, 5) is 12.9. The van der Waals surface area contributed by atoms with E-state index < -0.39 is 0 Å². The number of piperazine rings is 1. The summed E-state index contributed by atoms with van der Waals surface area (Å²) < 4.78 is 12.9. The molecule has 1 aromatic carbocycles. The monoisotopic (exact) mass is 280 g/mol. The van der Waals surface area contributed by atoms with Crippen molar-refractivity contribution in [3.8, 4) is 0 Å². The Balaban J connectivity index is 0.00000128.